The highest BCUT2D eigenvalue weighted by Crippen LogP contribution is 2.29. The molecule has 36 heavy (non-hydrogen) atoms. The predicted molar refractivity (Wildman–Crippen MR) is 128 cm³/mol. The van der Waals surface area contributed by atoms with E-state index in [9.17, 15) is 14.0 Å². The Hall–Kier alpha value is -4.71. The molecule has 0 fully saturated rings. The topological polar surface area (TPSA) is 113 Å². The molecule has 1 aromatic heterocycles. The fourth-order valence-electron chi connectivity index (χ4n) is 3.89. The second kappa shape index (κ2) is 11.1. The molecule has 0 saturated heterocycles. The molecule has 0 bridgehead atoms. The molecule has 4 rings (SSSR count). The van der Waals surface area contributed by atoms with Crippen LogP contribution in [0.1, 0.15) is 34.7 Å². The second-order valence-electron chi connectivity index (χ2n) is 8.06. The van der Waals surface area contributed by atoms with Gasteiger partial charge < -0.3 is 20.1 Å². The summed E-state index contributed by atoms with van der Waals surface area (Å²) in [5.74, 6) is -0.565. The lowest BCUT2D eigenvalue weighted by molar-refractivity contribution is -0.140. The average Bonchev–Trinajstić information content (AvgIpc) is 2.91. The van der Waals surface area contributed by atoms with Gasteiger partial charge in [0.15, 0.2) is 0 Å². The molecule has 0 saturated carbocycles. The van der Waals surface area contributed by atoms with Gasteiger partial charge in [0, 0.05) is 18.1 Å². The number of pyridine rings is 1. The predicted octanol–water partition coefficient (Wildman–Crippen LogP) is 4.09. The lowest BCUT2D eigenvalue weighted by Gasteiger charge is -2.29. The number of nitriles is 1. The van der Waals surface area contributed by atoms with Crippen LogP contribution in [0.15, 0.2) is 78.3 Å². The van der Waals surface area contributed by atoms with Crippen LogP contribution >= 0.6 is 0 Å². The molecule has 1 aliphatic rings. The number of nitrogens with one attached hydrogen (secondary N) is 2. The number of methoxy groups -OCH3 is 1. The Labute approximate surface area is 207 Å². The summed E-state index contributed by atoms with van der Waals surface area (Å²) < 4.78 is 24.4. The van der Waals surface area contributed by atoms with Crippen molar-refractivity contribution in [3.05, 3.63) is 106 Å². The van der Waals surface area contributed by atoms with Gasteiger partial charge in [-0.25, -0.2) is 14.0 Å². The number of benzene rings is 2. The van der Waals surface area contributed by atoms with Gasteiger partial charge in [-0.15, -0.1) is 0 Å². The zero-order valence-corrected chi connectivity index (χ0v) is 19.5. The third-order valence-corrected chi connectivity index (χ3v) is 5.74. The van der Waals surface area contributed by atoms with Crippen molar-refractivity contribution < 1.29 is 23.5 Å². The Morgan fingerprint density at radius 3 is 2.61 bits per heavy atom. The van der Waals surface area contributed by atoms with E-state index in [1.807, 2.05) is 24.3 Å². The first kappa shape index (κ1) is 24.4. The fourth-order valence-corrected chi connectivity index (χ4v) is 3.89. The first-order chi connectivity index (χ1) is 17.5. The molecular formula is C27H23FN4O4. The van der Waals surface area contributed by atoms with Crippen molar-refractivity contribution in [2.75, 3.05) is 7.11 Å². The Bertz CT molecular complexity index is 1330. The van der Waals surface area contributed by atoms with E-state index >= 15 is 0 Å². The van der Waals surface area contributed by atoms with Crippen molar-refractivity contribution in [3.8, 4) is 11.8 Å². The summed E-state index contributed by atoms with van der Waals surface area (Å²) in [6.45, 7) is -0.170. The number of allylic oxidation sites excluding steroid dienone is 1. The van der Waals surface area contributed by atoms with E-state index in [2.05, 4.69) is 15.6 Å². The standard InChI is InChI=1S/C27H23FN4O4/c1-35-21-8-4-17(5-9-21)7-11-23-24(25(32-27(34)31-23)19-3-2-12-30-15-19)26(33)36-16-18-6-10-22(28)20(13-18)14-29/h2-6,8-10,12-13,15,25H,7,11,16H2,1H3,(H2,31,32,34). The molecule has 0 aliphatic carbocycles. The minimum atomic E-state index is -0.770. The Morgan fingerprint density at radius 2 is 1.92 bits per heavy atom. The molecule has 2 amide bonds. The van der Waals surface area contributed by atoms with Crippen molar-refractivity contribution in [1.29, 1.82) is 5.26 Å². The SMILES string of the molecule is COc1ccc(CCC2=C(C(=O)OCc3ccc(F)c(C#N)c3)C(c3cccnc3)NC(=O)N2)cc1. The summed E-state index contributed by atoms with van der Waals surface area (Å²) in [5, 5.41) is 14.6. The van der Waals surface area contributed by atoms with E-state index in [0.29, 0.717) is 29.7 Å². The van der Waals surface area contributed by atoms with Crippen LogP contribution in [0.2, 0.25) is 0 Å². The first-order valence-electron chi connectivity index (χ1n) is 11.2. The van der Waals surface area contributed by atoms with Crippen LogP contribution in [0.5, 0.6) is 5.75 Å². The number of esters is 1. The lowest BCUT2D eigenvalue weighted by Crippen LogP contribution is -2.46. The number of urea groups is 1. The highest BCUT2D eigenvalue weighted by molar-refractivity contribution is 5.95. The van der Waals surface area contributed by atoms with E-state index in [1.54, 1.807) is 37.7 Å². The molecule has 2 aromatic carbocycles. The van der Waals surface area contributed by atoms with Crippen LogP contribution < -0.4 is 15.4 Å². The Kier molecular flexibility index (Phi) is 7.56. The second-order valence-corrected chi connectivity index (χ2v) is 8.06. The lowest BCUT2D eigenvalue weighted by atomic mass is 9.94. The number of rotatable bonds is 8. The number of aromatic nitrogens is 1. The maximum atomic E-state index is 13.7. The van der Waals surface area contributed by atoms with E-state index in [1.165, 1.54) is 12.1 Å². The summed E-state index contributed by atoms with van der Waals surface area (Å²) in [6, 6.07) is 15.5. The zero-order chi connectivity index (χ0) is 25.5. The molecule has 3 aromatic rings. The van der Waals surface area contributed by atoms with E-state index in [4.69, 9.17) is 14.7 Å². The number of amides is 2. The Balaban J connectivity index is 1.62. The van der Waals surface area contributed by atoms with Crippen LogP contribution in [0.4, 0.5) is 9.18 Å². The van der Waals surface area contributed by atoms with E-state index < -0.39 is 23.9 Å². The third kappa shape index (κ3) is 5.67. The van der Waals surface area contributed by atoms with Gasteiger partial charge in [0.05, 0.1) is 24.3 Å². The van der Waals surface area contributed by atoms with Crippen molar-refractivity contribution in [2.24, 2.45) is 0 Å². The van der Waals surface area contributed by atoms with Gasteiger partial charge >= 0.3 is 12.0 Å². The van der Waals surface area contributed by atoms with E-state index in [-0.39, 0.29) is 17.7 Å². The van der Waals surface area contributed by atoms with Gasteiger partial charge in [0.2, 0.25) is 0 Å². The molecule has 9 heteroatoms. The van der Waals surface area contributed by atoms with Crippen LogP contribution in [-0.4, -0.2) is 24.1 Å². The Morgan fingerprint density at radius 1 is 1.14 bits per heavy atom. The fraction of sp³-hybridized carbons (Fsp3) is 0.185. The molecule has 1 unspecified atom stereocenters. The smallest absolute Gasteiger partial charge is 0.338 e. The molecule has 2 heterocycles. The highest BCUT2D eigenvalue weighted by Gasteiger charge is 2.33. The van der Waals surface area contributed by atoms with Gasteiger partial charge in [-0.1, -0.05) is 24.3 Å². The highest BCUT2D eigenvalue weighted by atomic mass is 19.1. The largest absolute Gasteiger partial charge is 0.497 e. The van der Waals surface area contributed by atoms with Gasteiger partial charge in [0.1, 0.15) is 24.2 Å². The number of aryl methyl sites for hydroxylation is 1. The summed E-state index contributed by atoms with van der Waals surface area (Å²) >= 11 is 0. The number of carbonyl (C=O) groups is 2. The number of nitrogens with zero attached hydrogens (tertiary/aromatic N) is 2. The van der Waals surface area contributed by atoms with Gasteiger partial charge in [-0.05, 0) is 59.9 Å². The van der Waals surface area contributed by atoms with Crippen LogP contribution in [0.3, 0.4) is 0 Å². The number of halogens is 1. The normalized spacial score (nSPS) is 14.9. The summed E-state index contributed by atoms with van der Waals surface area (Å²) in [6.07, 6.45) is 4.10. The molecule has 8 nitrogen and oxygen atoms in total. The number of ether oxygens (including phenoxy) is 2. The summed E-state index contributed by atoms with van der Waals surface area (Å²) in [7, 11) is 1.59. The average molecular weight is 487 g/mol. The van der Waals surface area contributed by atoms with E-state index in [0.717, 1.165) is 17.4 Å². The zero-order valence-electron chi connectivity index (χ0n) is 19.5. The molecule has 182 valence electrons. The van der Waals surface area contributed by atoms with Crippen LogP contribution in [-0.2, 0) is 22.6 Å². The quantitative estimate of drug-likeness (QED) is 0.464. The maximum Gasteiger partial charge on any atom is 0.338 e. The number of hydrogen-bond acceptors (Lipinski definition) is 6. The monoisotopic (exact) mass is 486 g/mol. The van der Waals surface area contributed by atoms with Gasteiger partial charge in [-0.3, -0.25) is 4.98 Å². The summed E-state index contributed by atoms with van der Waals surface area (Å²) in [4.78, 5) is 29.9. The molecule has 1 aliphatic heterocycles. The number of hydrogen-bond donors (Lipinski definition) is 2. The van der Waals surface area contributed by atoms with Gasteiger partial charge in [-0.2, -0.15) is 5.26 Å². The van der Waals surface area contributed by atoms with Crippen LogP contribution in [0, 0.1) is 17.1 Å². The number of carbonyl (C=O) groups excluding carboxylic acids is 2. The van der Waals surface area contributed by atoms with Crippen molar-refractivity contribution in [1.82, 2.24) is 15.6 Å². The molecule has 2 N–H and O–H groups in total. The van der Waals surface area contributed by atoms with Gasteiger partial charge in [0.25, 0.3) is 0 Å². The first-order valence-corrected chi connectivity index (χ1v) is 11.2. The maximum absolute atomic E-state index is 13.7. The van der Waals surface area contributed by atoms with Crippen molar-refractivity contribution in [3.63, 3.8) is 0 Å². The van der Waals surface area contributed by atoms with Crippen molar-refractivity contribution in [2.45, 2.75) is 25.5 Å². The molecule has 0 spiro atoms. The minimum absolute atomic E-state index is 0.136. The molecule has 0 radical (unpaired) electrons. The third-order valence-electron chi connectivity index (χ3n) is 5.74. The minimum Gasteiger partial charge on any atom is -0.497 e. The molecular weight excluding hydrogens is 463 g/mol. The van der Waals surface area contributed by atoms with Crippen molar-refractivity contribution >= 4 is 12.0 Å². The molecule has 1 atom stereocenters. The van der Waals surface area contributed by atoms with Crippen LogP contribution in [0.25, 0.3) is 0 Å². The summed E-state index contributed by atoms with van der Waals surface area (Å²) in [5.41, 5.74) is 2.63.